The van der Waals surface area contributed by atoms with Crippen LogP contribution in [0.15, 0.2) is 79.0 Å². The second kappa shape index (κ2) is 11.4. The van der Waals surface area contributed by atoms with E-state index in [0.29, 0.717) is 41.1 Å². The number of nitrogens with zero attached hydrogens (tertiary/aromatic N) is 3. The van der Waals surface area contributed by atoms with Crippen molar-refractivity contribution < 1.29 is 28.2 Å². The third-order valence-electron chi connectivity index (χ3n) is 6.37. The molecule has 0 atom stereocenters. The zero-order valence-corrected chi connectivity index (χ0v) is 21.1. The van der Waals surface area contributed by atoms with E-state index in [1.807, 2.05) is 30.3 Å². The van der Waals surface area contributed by atoms with Gasteiger partial charge in [-0.15, -0.1) is 0 Å². The average molecular weight is 530 g/mol. The number of aromatic carboxylic acids is 1. The quantitative estimate of drug-likeness (QED) is 0.243. The molecule has 3 aromatic carbocycles. The number of methoxy groups -OCH3 is 1. The van der Waals surface area contributed by atoms with E-state index in [-0.39, 0.29) is 30.0 Å². The van der Waals surface area contributed by atoms with Gasteiger partial charge in [0.05, 0.1) is 23.2 Å². The molecular formula is C30H25F2N3O4. The summed E-state index contributed by atoms with van der Waals surface area (Å²) in [6.07, 6.45) is 1.42. The summed E-state index contributed by atoms with van der Waals surface area (Å²) in [5.41, 5.74) is 2.72. The van der Waals surface area contributed by atoms with Crippen LogP contribution in [0.2, 0.25) is 0 Å². The van der Waals surface area contributed by atoms with Crippen LogP contribution in [0.25, 0.3) is 22.2 Å². The molecule has 0 unspecified atom stereocenters. The molecule has 0 spiro atoms. The first-order valence-electron chi connectivity index (χ1n) is 12.3. The SMILES string of the molecule is COCCn1c(Cc2c(F)cc(-c3cccnc3OCc3ccccc3)cc2F)nc2ccc(C(=O)O)cc21. The summed E-state index contributed by atoms with van der Waals surface area (Å²) in [4.78, 5) is 20.3. The highest BCUT2D eigenvalue weighted by Gasteiger charge is 2.20. The molecule has 7 nitrogen and oxygen atoms in total. The van der Waals surface area contributed by atoms with Gasteiger partial charge >= 0.3 is 5.97 Å². The summed E-state index contributed by atoms with van der Waals surface area (Å²) in [5.74, 6) is -1.89. The largest absolute Gasteiger partial charge is 0.478 e. The maximum absolute atomic E-state index is 15.4. The molecule has 0 aliphatic heterocycles. The molecule has 2 aromatic heterocycles. The van der Waals surface area contributed by atoms with Crippen molar-refractivity contribution in [1.29, 1.82) is 0 Å². The standard InChI is InChI=1S/C30H25F2N3O4/c1-38-13-12-35-27-16-20(30(36)37)9-10-26(27)34-28(35)17-23-24(31)14-21(15-25(23)32)22-8-5-11-33-29(22)39-18-19-6-3-2-4-7-19/h2-11,14-16H,12-13,17-18H2,1H3,(H,36,37). The number of hydrogen-bond acceptors (Lipinski definition) is 5. The maximum atomic E-state index is 15.4. The van der Waals surface area contributed by atoms with Crippen molar-refractivity contribution in [3.8, 4) is 17.0 Å². The molecule has 5 aromatic rings. The molecule has 39 heavy (non-hydrogen) atoms. The Kier molecular flexibility index (Phi) is 7.60. The summed E-state index contributed by atoms with van der Waals surface area (Å²) < 4.78 is 43.7. The molecule has 198 valence electrons. The van der Waals surface area contributed by atoms with E-state index in [2.05, 4.69) is 9.97 Å². The number of rotatable bonds is 10. The van der Waals surface area contributed by atoms with Crippen molar-refractivity contribution in [1.82, 2.24) is 14.5 Å². The van der Waals surface area contributed by atoms with Crippen molar-refractivity contribution >= 4 is 17.0 Å². The van der Waals surface area contributed by atoms with Crippen LogP contribution in [0.1, 0.15) is 27.3 Å². The highest BCUT2D eigenvalue weighted by atomic mass is 19.1. The molecule has 0 aliphatic rings. The van der Waals surface area contributed by atoms with Gasteiger partial charge in [0.1, 0.15) is 24.1 Å². The van der Waals surface area contributed by atoms with Gasteiger partial charge in [0.15, 0.2) is 0 Å². The highest BCUT2D eigenvalue weighted by Crippen LogP contribution is 2.32. The van der Waals surface area contributed by atoms with Crippen LogP contribution in [0.3, 0.4) is 0 Å². The monoisotopic (exact) mass is 529 g/mol. The van der Waals surface area contributed by atoms with Gasteiger partial charge in [0.25, 0.3) is 0 Å². The first-order chi connectivity index (χ1) is 18.9. The smallest absolute Gasteiger partial charge is 0.335 e. The fourth-order valence-electron chi connectivity index (χ4n) is 4.41. The molecule has 0 aliphatic carbocycles. The number of carboxylic acids is 1. The van der Waals surface area contributed by atoms with Gasteiger partial charge in [0, 0.05) is 37.4 Å². The van der Waals surface area contributed by atoms with Crippen LogP contribution in [-0.4, -0.2) is 39.3 Å². The number of imidazole rings is 1. The van der Waals surface area contributed by atoms with Crippen LogP contribution in [-0.2, 0) is 24.3 Å². The predicted octanol–water partition coefficient (Wildman–Crippen LogP) is 5.89. The molecule has 2 heterocycles. The number of pyridine rings is 1. The number of aromatic nitrogens is 3. The Balaban J connectivity index is 1.47. The molecule has 9 heteroatoms. The van der Waals surface area contributed by atoms with E-state index in [1.165, 1.54) is 31.4 Å². The lowest BCUT2D eigenvalue weighted by atomic mass is 10.0. The minimum absolute atomic E-state index is 0.0936. The topological polar surface area (TPSA) is 86.5 Å². The summed E-state index contributed by atoms with van der Waals surface area (Å²) >= 11 is 0. The first-order valence-corrected chi connectivity index (χ1v) is 12.3. The number of carboxylic acid groups (broad SMARTS) is 1. The van der Waals surface area contributed by atoms with E-state index in [0.717, 1.165) is 5.56 Å². The van der Waals surface area contributed by atoms with Gasteiger partial charge < -0.3 is 19.1 Å². The second-order valence-electron chi connectivity index (χ2n) is 8.91. The Labute approximate surface area is 223 Å². The number of halogens is 2. The minimum Gasteiger partial charge on any atom is -0.478 e. The maximum Gasteiger partial charge on any atom is 0.335 e. The molecule has 1 N–H and O–H groups in total. The third-order valence-corrected chi connectivity index (χ3v) is 6.37. The Morgan fingerprint density at radius 3 is 2.49 bits per heavy atom. The molecule has 0 saturated carbocycles. The van der Waals surface area contributed by atoms with Crippen LogP contribution < -0.4 is 4.74 Å². The normalized spacial score (nSPS) is 11.2. The second-order valence-corrected chi connectivity index (χ2v) is 8.91. The predicted molar refractivity (Wildman–Crippen MR) is 142 cm³/mol. The highest BCUT2D eigenvalue weighted by molar-refractivity contribution is 5.92. The molecule has 0 saturated heterocycles. The van der Waals surface area contributed by atoms with E-state index >= 15 is 8.78 Å². The molecule has 0 fully saturated rings. The Bertz CT molecular complexity index is 1610. The fourth-order valence-corrected chi connectivity index (χ4v) is 4.41. The van der Waals surface area contributed by atoms with Crippen molar-refractivity contribution in [3.05, 3.63) is 113 Å². The number of carbonyl (C=O) groups is 1. The number of ether oxygens (including phenoxy) is 2. The summed E-state index contributed by atoms with van der Waals surface area (Å²) in [6, 6.07) is 20.0. The Morgan fingerprint density at radius 1 is 1.00 bits per heavy atom. The van der Waals surface area contributed by atoms with Crippen LogP contribution in [0.4, 0.5) is 8.78 Å². The van der Waals surface area contributed by atoms with Gasteiger partial charge in [-0.05, 0) is 53.6 Å². The van der Waals surface area contributed by atoms with E-state index in [4.69, 9.17) is 9.47 Å². The summed E-state index contributed by atoms with van der Waals surface area (Å²) in [6.45, 7) is 0.909. The van der Waals surface area contributed by atoms with Crippen LogP contribution >= 0.6 is 0 Å². The van der Waals surface area contributed by atoms with Crippen molar-refractivity contribution in [2.75, 3.05) is 13.7 Å². The van der Waals surface area contributed by atoms with Crippen molar-refractivity contribution in [2.45, 2.75) is 19.6 Å². The van der Waals surface area contributed by atoms with Gasteiger partial charge in [-0.1, -0.05) is 30.3 Å². The molecular weight excluding hydrogens is 504 g/mol. The molecule has 0 amide bonds. The number of fused-ring (bicyclic) bond motifs is 1. The minimum atomic E-state index is -1.08. The fraction of sp³-hybridized carbons (Fsp3) is 0.167. The average Bonchev–Trinajstić information content (AvgIpc) is 3.29. The van der Waals surface area contributed by atoms with Gasteiger partial charge in [-0.3, -0.25) is 0 Å². The Hall–Kier alpha value is -4.63. The lowest BCUT2D eigenvalue weighted by Gasteiger charge is -2.13. The van der Waals surface area contributed by atoms with Gasteiger partial charge in [0.2, 0.25) is 5.88 Å². The van der Waals surface area contributed by atoms with E-state index in [1.54, 1.807) is 29.0 Å². The lowest BCUT2D eigenvalue weighted by molar-refractivity contribution is 0.0697. The lowest BCUT2D eigenvalue weighted by Crippen LogP contribution is -2.11. The van der Waals surface area contributed by atoms with E-state index < -0.39 is 17.6 Å². The van der Waals surface area contributed by atoms with Gasteiger partial charge in [-0.2, -0.15) is 0 Å². The third kappa shape index (κ3) is 5.63. The van der Waals surface area contributed by atoms with Gasteiger partial charge in [-0.25, -0.2) is 23.5 Å². The molecule has 0 radical (unpaired) electrons. The Morgan fingerprint density at radius 2 is 1.77 bits per heavy atom. The van der Waals surface area contributed by atoms with Crippen LogP contribution in [0.5, 0.6) is 5.88 Å². The molecule has 0 bridgehead atoms. The summed E-state index contributed by atoms with van der Waals surface area (Å²) in [7, 11) is 1.54. The zero-order valence-electron chi connectivity index (χ0n) is 21.1. The first kappa shape index (κ1) is 26.0. The number of benzene rings is 3. The zero-order chi connectivity index (χ0) is 27.4. The summed E-state index contributed by atoms with van der Waals surface area (Å²) in [5, 5.41) is 9.39. The van der Waals surface area contributed by atoms with Crippen LogP contribution in [0, 0.1) is 11.6 Å². The van der Waals surface area contributed by atoms with E-state index in [9.17, 15) is 9.90 Å². The number of hydrogen-bond donors (Lipinski definition) is 1. The van der Waals surface area contributed by atoms with Crippen molar-refractivity contribution in [2.24, 2.45) is 0 Å². The molecule has 5 rings (SSSR count). The van der Waals surface area contributed by atoms with Crippen molar-refractivity contribution in [3.63, 3.8) is 0 Å².